The number of aromatic nitrogens is 3. The zero-order chi connectivity index (χ0) is 13.9. The van der Waals surface area contributed by atoms with Crippen molar-refractivity contribution in [2.24, 2.45) is 0 Å². The minimum Gasteiger partial charge on any atom is -0.390 e. The minimum absolute atomic E-state index is 0.430. The number of hydrogen-bond donors (Lipinski definition) is 0. The highest BCUT2D eigenvalue weighted by atomic mass is 35.5. The first-order chi connectivity index (χ1) is 9.76. The highest BCUT2D eigenvalue weighted by Gasteiger charge is 2.06. The van der Waals surface area contributed by atoms with Crippen molar-refractivity contribution in [2.45, 2.75) is 11.5 Å². The number of hydrogen-bond acceptors (Lipinski definition) is 4. The van der Waals surface area contributed by atoms with Gasteiger partial charge >= 0.3 is 0 Å². The molecule has 0 aliphatic rings. The van der Waals surface area contributed by atoms with Crippen molar-refractivity contribution in [1.82, 2.24) is 15.2 Å². The van der Waals surface area contributed by atoms with Gasteiger partial charge in [0.25, 0.3) is 0 Å². The lowest BCUT2D eigenvalue weighted by Crippen LogP contribution is -2.12. The Morgan fingerprint density at radius 1 is 1.20 bits per heavy atom. The first kappa shape index (κ1) is 13.3. The van der Waals surface area contributed by atoms with Crippen LogP contribution in [0.25, 0.3) is 11.0 Å². The molecule has 0 aliphatic carbocycles. The SMILES string of the molecule is CSc1ccc(COn2nnc3ccc(Cl)cc32)cc1. The van der Waals surface area contributed by atoms with Gasteiger partial charge in [-0.25, -0.2) is 0 Å². The summed E-state index contributed by atoms with van der Waals surface area (Å²) in [5, 5.41) is 8.63. The van der Waals surface area contributed by atoms with Gasteiger partial charge in [-0.05, 0) is 47.4 Å². The second-order valence-electron chi connectivity index (χ2n) is 4.22. The number of nitrogens with zero attached hydrogens (tertiary/aromatic N) is 3. The van der Waals surface area contributed by atoms with Gasteiger partial charge in [-0.15, -0.1) is 16.9 Å². The molecular weight excluding hydrogens is 294 g/mol. The summed E-state index contributed by atoms with van der Waals surface area (Å²) in [5.74, 6) is 0. The quantitative estimate of drug-likeness (QED) is 0.692. The van der Waals surface area contributed by atoms with Crippen LogP contribution < -0.4 is 4.84 Å². The molecule has 3 aromatic rings. The van der Waals surface area contributed by atoms with Gasteiger partial charge in [-0.1, -0.05) is 28.6 Å². The summed E-state index contributed by atoms with van der Waals surface area (Å²) in [6, 6.07) is 13.6. The van der Waals surface area contributed by atoms with Gasteiger partial charge in [-0.2, -0.15) is 0 Å². The number of fused-ring (bicyclic) bond motifs is 1. The Morgan fingerprint density at radius 3 is 2.75 bits per heavy atom. The highest BCUT2D eigenvalue weighted by molar-refractivity contribution is 7.98. The summed E-state index contributed by atoms with van der Waals surface area (Å²) in [6.07, 6.45) is 2.05. The predicted molar refractivity (Wildman–Crippen MR) is 81.0 cm³/mol. The Labute approximate surface area is 125 Å². The Balaban J connectivity index is 1.77. The molecular formula is C14H12ClN3OS. The van der Waals surface area contributed by atoms with E-state index in [1.807, 2.05) is 18.2 Å². The molecule has 0 bridgehead atoms. The molecule has 2 aromatic carbocycles. The lowest BCUT2D eigenvalue weighted by atomic mass is 10.2. The molecule has 20 heavy (non-hydrogen) atoms. The van der Waals surface area contributed by atoms with Crippen LogP contribution in [0.3, 0.4) is 0 Å². The number of thioether (sulfide) groups is 1. The van der Waals surface area contributed by atoms with E-state index in [-0.39, 0.29) is 0 Å². The van der Waals surface area contributed by atoms with E-state index in [1.54, 1.807) is 23.9 Å². The molecule has 0 amide bonds. The van der Waals surface area contributed by atoms with E-state index in [0.29, 0.717) is 11.6 Å². The molecule has 0 unspecified atom stereocenters. The predicted octanol–water partition coefficient (Wildman–Crippen LogP) is 3.44. The summed E-state index contributed by atoms with van der Waals surface area (Å²) in [6.45, 7) is 0.430. The monoisotopic (exact) mass is 305 g/mol. The van der Waals surface area contributed by atoms with Gasteiger partial charge in [0.2, 0.25) is 0 Å². The zero-order valence-electron chi connectivity index (χ0n) is 10.8. The summed E-state index contributed by atoms with van der Waals surface area (Å²) in [4.78, 5) is 8.29. The Hall–Kier alpha value is -1.72. The molecule has 0 saturated heterocycles. The fourth-order valence-corrected chi connectivity index (χ4v) is 2.40. The van der Waals surface area contributed by atoms with Gasteiger partial charge in [-0.3, -0.25) is 0 Å². The summed E-state index contributed by atoms with van der Waals surface area (Å²) < 4.78 is 0. The molecule has 102 valence electrons. The van der Waals surface area contributed by atoms with Crippen molar-refractivity contribution in [3.8, 4) is 0 Å². The second-order valence-corrected chi connectivity index (χ2v) is 5.53. The zero-order valence-corrected chi connectivity index (χ0v) is 12.4. The summed E-state index contributed by atoms with van der Waals surface area (Å²) in [7, 11) is 0. The number of benzene rings is 2. The fraction of sp³-hybridized carbons (Fsp3) is 0.143. The van der Waals surface area contributed by atoms with Crippen LogP contribution in [-0.4, -0.2) is 21.4 Å². The Morgan fingerprint density at radius 2 is 2.00 bits per heavy atom. The lowest BCUT2D eigenvalue weighted by molar-refractivity contribution is 0.0751. The maximum Gasteiger partial charge on any atom is 0.142 e. The van der Waals surface area contributed by atoms with Gasteiger partial charge in [0, 0.05) is 9.92 Å². The van der Waals surface area contributed by atoms with Crippen LogP contribution in [0, 0.1) is 0 Å². The van der Waals surface area contributed by atoms with Crippen molar-refractivity contribution in [2.75, 3.05) is 6.26 Å². The van der Waals surface area contributed by atoms with E-state index in [0.717, 1.165) is 16.6 Å². The Bertz CT molecular complexity index is 727. The Kier molecular flexibility index (Phi) is 3.80. The molecule has 1 heterocycles. The molecule has 4 nitrogen and oxygen atoms in total. The molecule has 0 spiro atoms. The van der Waals surface area contributed by atoms with E-state index in [9.17, 15) is 0 Å². The van der Waals surface area contributed by atoms with Crippen LogP contribution in [0.2, 0.25) is 5.02 Å². The molecule has 0 atom stereocenters. The summed E-state index contributed by atoms with van der Waals surface area (Å²) >= 11 is 7.69. The van der Waals surface area contributed by atoms with Crippen LogP contribution in [-0.2, 0) is 6.61 Å². The third-order valence-corrected chi connectivity index (χ3v) is 3.87. The van der Waals surface area contributed by atoms with Crippen molar-refractivity contribution in [1.29, 1.82) is 0 Å². The minimum atomic E-state index is 0.430. The second kappa shape index (κ2) is 5.73. The van der Waals surface area contributed by atoms with Crippen molar-refractivity contribution < 1.29 is 4.84 Å². The molecule has 0 fully saturated rings. The van der Waals surface area contributed by atoms with Gasteiger partial charge < -0.3 is 4.84 Å². The third-order valence-electron chi connectivity index (χ3n) is 2.89. The standard InChI is InChI=1S/C14H12ClN3OS/c1-20-12-5-2-10(3-6-12)9-19-18-14-8-11(15)4-7-13(14)16-17-18/h2-8H,9H2,1H3. The van der Waals surface area contributed by atoms with Crippen LogP contribution in [0.1, 0.15) is 5.56 Å². The average molecular weight is 306 g/mol. The van der Waals surface area contributed by atoms with Crippen molar-refractivity contribution >= 4 is 34.4 Å². The van der Waals surface area contributed by atoms with E-state index >= 15 is 0 Å². The normalized spacial score (nSPS) is 10.9. The van der Waals surface area contributed by atoms with Crippen molar-refractivity contribution in [3.05, 3.63) is 53.1 Å². The van der Waals surface area contributed by atoms with E-state index in [2.05, 4.69) is 28.7 Å². The van der Waals surface area contributed by atoms with Crippen LogP contribution in [0.15, 0.2) is 47.4 Å². The molecule has 6 heteroatoms. The molecule has 0 radical (unpaired) electrons. The van der Waals surface area contributed by atoms with Gasteiger partial charge in [0.15, 0.2) is 0 Å². The molecule has 1 aromatic heterocycles. The topological polar surface area (TPSA) is 39.9 Å². The first-order valence-corrected chi connectivity index (χ1v) is 7.64. The molecule has 0 saturated carbocycles. The largest absolute Gasteiger partial charge is 0.390 e. The fourth-order valence-electron chi connectivity index (χ4n) is 1.82. The average Bonchev–Trinajstić information content (AvgIpc) is 2.88. The summed E-state index contributed by atoms with van der Waals surface area (Å²) in [5.41, 5.74) is 2.60. The van der Waals surface area contributed by atoms with E-state index in [1.165, 1.54) is 9.74 Å². The van der Waals surface area contributed by atoms with E-state index in [4.69, 9.17) is 16.4 Å². The van der Waals surface area contributed by atoms with Gasteiger partial charge in [0.1, 0.15) is 17.6 Å². The van der Waals surface area contributed by atoms with E-state index < -0.39 is 0 Å². The third kappa shape index (κ3) is 2.73. The van der Waals surface area contributed by atoms with Crippen LogP contribution >= 0.6 is 23.4 Å². The number of halogens is 1. The lowest BCUT2D eigenvalue weighted by Gasteiger charge is -2.06. The molecule has 0 aliphatic heterocycles. The maximum absolute atomic E-state index is 5.97. The van der Waals surface area contributed by atoms with Gasteiger partial charge in [0.05, 0.1) is 0 Å². The number of rotatable bonds is 4. The van der Waals surface area contributed by atoms with Crippen molar-refractivity contribution in [3.63, 3.8) is 0 Å². The van der Waals surface area contributed by atoms with Crippen LogP contribution in [0.4, 0.5) is 0 Å². The smallest absolute Gasteiger partial charge is 0.142 e. The highest BCUT2D eigenvalue weighted by Crippen LogP contribution is 2.17. The van der Waals surface area contributed by atoms with Crippen LogP contribution in [0.5, 0.6) is 0 Å². The molecule has 3 rings (SSSR count). The molecule has 0 N–H and O–H groups in total. The first-order valence-electron chi connectivity index (χ1n) is 6.03. The maximum atomic E-state index is 5.97.